The molecule has 102 valence electrons. The largest absolute Gasteiger partial charge is 0.338 e. The molecule has 3 amide bonds. The van der Waals surface area contributed by atoms with E-state index in [1.807, 2.05) is 18.7 Å². The van der Waals surface area contributed by atoms with Crippen molar-refractivity contribution in [1.82, 2.24) is 15.5 Å². The van der Waals surface area contributed by atoms with Crippen LogP contribution in [0.3, 0.4) is 0 Å². The average Bonchev–Trinajstić information content (AvgIpc) is 2.88. The van der Waals surface area contributed by atoms with Crippen LogP contribution in [0.4, 0.5) is 4.79 Å². The molecule has 2 rings (SSSR count). The van der Waals surface area contributed by atoms with Crippen LogP contribution in [0.5, 0.6) is 0 Å². The van der Waals surface area contributed by atoms with Gasteiger partial charge in [-0.05, 0) is 26.7 Å². The maximum atomic E-state index is 11.8. The van der Waals surface area contributed by atoms with E-state index in [1.54, 1.807) is 0 Å². The summed E-state index contributed by atoms with van der Waals surface area (Å²) < 4.78 is 0. The Kier molecular flexibility index (Phi) is 4.09. The molecular formula is C13H23N3O2. The van der Waals surface area contributed by atoms with Crippen LogP contribution in [0, 0.1) is 0 Å². The van der Waals surface area contributed by atoms with Crippen molar-refractivity contribution in [1.29, 1.82) is 0 Å². The van der Waals surface area contributed by atoms with E-state index < -0.39 is 0 Å². The fourth-order valence-electron chi connectivity index (χ4n) is 2.81. The van der Waals surface area contributed by atoms with Gasteiger partial charge in [-0.15, -0.1) is 0 Å². The van der Waals surface area contributed by atoms with Gasteiger partial charge >= 0.3 is 6.03 Å². The molecule has 1 atom stereocenters. The van der Waals surface area contributed by atoms with Gasteiger partial charge in [0, 0.05) is 25.0 Å². The van der Waals surface area contributed by atoms with Crippen LogP contribution in [-0.2, 0) is 4.79 Å². The van der Waals surface area contributed by atoms with Gasteiger partial charge in [0.05, 0.1) is 6.04 Å². The standard InChI is InChI=1S/C13H23N3O2/c1-9(2)16-8-11(7-12(16)17)15-13(18)14-10-5-3-4-6-10/h9-11H,3-8H2,1-2H3,(H2,14,15,18). The van der Waals surface area contributed by atoms with Gasteiger partial charge in [0.1, 0.15) is 0 Å². The highest BCUT2D eigenvalue weighted by molar-refractivity contribution is 5.82. The molecular weight excluding hydrogens is 230 g/mol. The zero-order chi connectivity index (χ0) is 13.1. The lowest BCUT2D eigenvalue weighted by atomic mass is 10.2. The zero-order valence-corrected chi connectivity index (χ0v) is 11.2. The second kappa shape index (κ2) is 5.59. The molecule has 1 saturated carbocycles. The molecule has 5 heteroatoms. The van der Waals surface area contributed by atoms with Crippen molar-refractivity contribution in [3.63, 3.8) is 0 Å². The number of hydrogen-bond acceptors (Lipinski definition) is 2. The summed E-state index contributed by atoms with van der Waals surface area (Å²) in [6.45, 7) is 4.63. The van der Waals surface area contributed by atoms with E-state index in [2.05, 4.69) is 10.6 Å². The molecule has 5 nitrogen and oxygen atoms in total. The van der Waals surface area contributed by atoms with Crippen molar-refractivity contribution in [3.05, 3.63) is 0 Å². The number of likely N-dealkylation sites (tertiary alicyclic amines) is 1. The summed E-state index contributed by atoms with van der Waals surface area (Å²) in [5.74, 6) is 0.135. The van der Waals surface area contributed by atoms with E-state index in [0.29, 0.717) is 19.0 Å². The van der Waals surface area contributed by atoms with Gasteiger partial charge < -0.3 is 15.5 Å². The van der Waals surface area contributed by atoms with Crippen LogP contribution in [0.2, 0.25) is 0 Å². The van der Waals surface area contributed by atoms with Crippen molar-refractivity contribution < 1.29 is 9.59 Å². The predicted molar refractivity (Wildman–Crippen MR) is 69.2 cm³/mol. The Morgan fingerprint density at radius 1 is 1.22 bits per heavy atom. The molecule has 0 spiro atoms. The highest BCUT2D eigenvalue weighted by Crippen LogP contribution is 2.18. The molecule has 1 heterocycles. The molecule has 0 aromatic carbocycles. The Bertz CT molecular complexity index is 324. The molecule has 1 saturated heterocycles. The molecule has 1 aliphatic heterocycles. The minimum Gasteiger partial charge on any atom is -0.338 e. The SMILES string of the molecule is CC(C)N1CC(NC(=O)NC2CCCC2)CC1=O. The first-order chi connectivity index (χ1) is 8.56. The van der Waals surface area contributed by atoms with Crippen LogP contribution in [0.25, 0.3) is 0 Å². The lowest BCUT2D eigenvalue weighted by Gasteiger charge is -2.21. The second-order valence-corrected chi connectivity index (χ2v) is 5.64. The summed E-state index contributed by atoms with van der Waals surface area (Å²) in [6, 6.07) is 0.372. The van der Waals surface area contributed by atoms with E-state index >= 15 is 0 Å². The number of hydrogen-bond donors (Lipinski definition) is 2. The number of amides is 3. The minimum atomic E-state index is -0.120. The van der Waals surface area contributed by atoms with Gasteiger partial charge in [-0.3, -0.25) is 4.79 Å². The predicted octanol–water partition coefficient (Wildman–Crippen LogP) is 1.24. The van der Waals surface area contributed by atoms with Gasteiger partial charge in [0.15, 0.2) is 0 Å². The first kappa shape index (κ1) is 13.2. The monoisotopic (exact) mass is 253 g/mol. The van der Waals surface area contributed by atoms with Crippen LogP contribution in [0.15, 0.2) is 0 Å². The van der Waals surface area contributed by atoms with Gasteiger partial charge in [0.25, 0.3) is 0 Å². The molecule has 0 bridgehead atoms. The van der Waals surface area contributed by atoms with Crippen molar-refractivity contribution in [2.45, 2.75) is 64.1 Å². The minimum absolute atomic E-state index is 0.0405. The molecule has 0 radical (unpaired) electrons. The molecule has 1 aliphatic carbocycles. The molecule has 0 aromatic heterocycles. The van der Waals surface area contributed by atoms with Crippen molar-refractivity contribution >= 4 is 11.9 Å². The molecule has 1 unspecified atom stereocenters. The zero-order valence-electron chi connectivity index (χ0n) is 11.2. The van der Waals surface area contributed by atoms with Crippen molar-refractivity contribution in [3.8, 4) is 0 Å². The van der Waals surface area contributed by atoms with Crippen LogP contribution in [-0.4, -0.2) is 41.5 Å². The summed E-state index contributed by atoms with van der Waals surface area (Å²) in [6.07, 6.45) is 4.99. The number of nitrogens with zero attached hydrogens (tertiary/aromatic N) is 1. The maximum absolute atomic E-state index is 11.8. The summed E-state index contributed by atoms with van der Waals surface area (Å²) in [5.41, 5.74) is 0. The lowest BCUT2D eigenvalue weighted by Crippen LogP contribution is -2.46. The topological polar surface area (TPSA) is 61.4 Å². The van der Waals surface area contributed by atoms with Crippen molar-refractivity contribution in [2.75, 3.05) is 6.54 Å². The molecule has 18 heavy (non-hydrogen) atoms. The number of rotatable bonds is 3. The third kappa shape index (κ3) is 3.15. The Balaban J connectivity index is 1.76. The second-order valence-electron chi connectivity index (χ2n) is 5.64. The first-order valence-electron chi connectivity index (χ1n) is 6.92. The summed E-state index contributed by atoms with van der Waals surface area (Å²) in [7, 11) is 0. The third-order valence-corrected chi connectivity index (χ3v) is 3.81. The third-order valence-electron chi connectivity index (χ3n) is 3.81. The summed E-state index contributed by atoms with van der Waals surface area (Å²) in [5, 5.41) is 5.89. The van der Waals surface area contributed by atoms with E-state index in [4.69, 9.17) is 0 Å². The fraction of sp³-hybridized carbons (Fsp3) is 0.846. The van der Waals surface area contributed by atoms with Crippen LogP contribution >= 0.6 is 0 Å². The van der Waals surface area contributed by atoms with Gasteiger partial charge in [-0.25, -0.2) is 4.79 Å². The van der Waals surface area contributed by atoms with E-state index in [1.165, 1.54) is 12.8 Å². The number of urea groups is 1. The molecule has 2 N–H and O–H groups in total. The lowest BCUT2D eigenvalue weighted by molar-refractivity contribution is -0.129. The Hall–Kier alpha value is -1.26. The summed E-state index contributed by atoms with van der Waals surface area (Å²) in [4.78, 5) is 25.3. The van der Waals surface area contributed by atoms with Gasteiger partial charge in [0.2, 0.25) is 5.91 Å². The molecule has 2 fully saturated rings. The van der Waals surface area contributed by atoms with Gasteiger partial charge in [-0.1, -0.05) is 12.8 Å². The van der Waals surface area contributed by atoms with E-state index in [-0.39, 0.29) is 24.0 Å². The number of carbonyl (C=O) groups is 2. The fourth-order valence-corrected chi connectivity index (χ4v) is 2.81. The average molecular weight is 253 g/mol. The Labute approximate surface area is 108 Å². The van der Waals surface area contributed by atoms with Gasteiger partial charge in [-0.2, -0.15) is 0 Å². The van der Waals surface area contributed by atoms with E-state index in [9.17, 15) is 9.59 Å². The Morgan fingerprint density at radius 3 is 2.39 bits per heavy atom. The number of nitrogens with one attached hydrogen (secondary N) is 2. The quantitative estimate of drug-likeness (QED) is 0.795. The van der Waals surface area contributed by atoms with E-state index in [0.717, 1.165) is 12.8 Å². The summed E-state index contributed by atoms with van der Waals surface area (Å²) >= 11 is 0. The number of carbonyl (C=O) groups excluding carboxylic acids is 2. The normalized spacial score (nSPS) is 24.9. The maximum Gasteiger partial charge on any atom is 0.315 e. The smallest absolute Gasteiger partial charge is 0.315 e. The highest BCUT2D eigenvalue weighted by Gasteiger charge is 2.32. The molecule has 0 aromatic rings. The van der Waals surface area contributed by atoms with Crippen LogP contribution < -0.4 is 10.6 Å². The molecule has 2 aliphatic rings. The highest BCUT2D eigenvalue weighted by atomic mass is 16.2. The Morgan fingerprint density at radius 2 is 1.83 bits per heavy atom. The first-order valence-corrected chi connectivity index (χ1v) is 6.92. The van der Waals surface area contributed by atoms with Crippen molar-refractivity contribution in [2.24, 2.45) is 0 Å². The van der Waals surface area contributed by atoms with Crippen LogP contribution in [0.1, 0.15) is 46.0 Å².